The first kappa shape index (κ1) is 48.2. The molecule has 0 N–H and O–H groups in total. The average Bonchev–Trinajstić information content (AvgIpc) is 3.48. The van der Waals surface area contributed by atoms with Crippen LogP contribution in [0.2, 0.25) is 0 Å². The highest BCUT2D eigenvalue weighted by molar-refractivity contribution is 5.69. The Morgan fingerprint density at radius 1 is 0.759 bits per heavy atom. The number of fused-ring (bicyclic) bond motifs is 5. The summed E-state index contributed by atoms with van der Waals surface area (Å²) in [5, 5.41) is 0. The Balaban J connectivity index is 1.36. The molecule has 3 amide bonds. The second-order valence-electron chi connectivity index (χ2n) is 22.1. The summed E-state index contributed by atoms with van der Waals surface area (Å²) in [6.07, 6.45) is 17.1. The van der Waals surface area contributed by atoms with Crippen molar-refractivity contribution in [1.82, 2.24) is 14.7 Å². The number of hydrogen-bond donors (Lipinski definition) is 0. The van der Waals surface area contributed by atoms with Gasteiger partial charge in [-0.25, -0.2) is 14.4 Å². The van der Waals surface area contributed by atoms with Gasteiger partial charge in [0.25, 0.3) is 0 Å². The van der Waals surface area contributed by atoms with Crippen LogP contribution in [0.25, 0.3) is 0 Å². The van der Waals surface area contributed by atoms with Gasteiger partial charge >= 0.3 is 18.3 Å². The van der Waals surface area contributed by atoms with Gasteiger partial charge in [0.05, 0.1) is 0 Å². The minimum atomic E-state index is -0.570. The monoisotopic (exact) mass is 814 g/mol. The molecule has 4 aliphatic carbocycles. The summed E-state index contributed by atoms with van der Waals surface area (Å²) in [6.45, 7) is 28.2. The van der Waals surface area contributed by atoms with E-state index in [2.05, 4.69) is 47.6 Å². The van der Waals surface area contributed by atoms with E-state index in [1.807, 2.05) is 41.5 Å². The summed E-state index contributed by atoms with van der Waals surface area (Å²) in [4.78, 5) is 44.0. The Labute approximate surface area is 355 Å². The van der Waals surface area contributed by atoms with E-state index >= 15 is 0 Å². The Morgan fingerprint density at radius 3 is 1.93 bits per heavy atom. The Bertz CT molecular complexity index is 1400. The number of amides is 3. The molecule has 0 aromatic carbocycles. The molecular formula is C49H87N3O6. The van der Waals surface area contributed by atoms with E-state index in [1.165, 1.54) is 56.9 Å². The fourth-order valence-corrected chi connectivity index (χ4v) is 11.9. The predicted octanol–water partition coefficient (Wildman–Crippen LogP) is 12.4. The molecule has 9 nitrogen and oxygen atoms in total. The quantitative estimate of drug-likeness (QED) is 0.0876. The van der Waals surface area contributed by atoms with Gasteiger partial charge in [-0.05, 0) is 164 Å². The van der Waals surface area contributed by atoms with Gasteiger partial charge in [-0.2, -0.15) is 0 Å². The van der Waals surface area contributed by atoms with E-state index in [4.69, 9.17) is 14.2 Å². The zero-order valence-electron chi connectivity index (χ0n) is 39.7. The number of unbranched alkanes of at least 4 members (excludes halogenated alkanes) is 1. The van der Waals surface area contributed by atoms with Crippen molar-refractivity contribution in [3.8, 4) is 0 Å². The fraction of sp³-hybridized carbons (Fsp3) is 0.898. The van der Waals surface area contributed by atoms with Gasteiger partial charge in [0.15, 0.2) is 0 Å². The standard InChI is InChI=1S/C49H87N3O6/c1-15-36(34(2)3)20-19-35(4)40-23-24-41-39-22-21-37-33-38(25-27-48(37,11)42(39)26-28-49(40,41)12)56-45(55)52(32-18-30-51(14)44(54)58-47(8,9)10)31-17-16-29-50(13)43(53)57-46(5,6)7/h21,34-36,38-42H,15-20,22-33H2,1-14H3/t35-,36-,38+,39+,40?,41+,42+,48+,49-/m1/s1. The lowest BCUT2D eigenvalue weighted by atomic mass is 9.47. The van der Waals surface area contributed by atoms with Crippen LogP contribution in [-0.4, -0.2) is 90.6 Å². The van der Waals surface area contributed by atoms with Crippen molar-refractivity contribution >= 4 is 18.3 Å². The van der Waals surface area contributed by atoms with Crippen LogP contribution < -0.4 is 0 Å². The topological polar surface area (TPSA) is 88.6 Å². The summed E-state index contributed by atoms with van der Waals surface area (Å²) < 4.78 is 17.4. The van der Waals surface area contributed by atoms with Gasteiger partial charge in [-0.15, -0.1) is 0 Å². The maximum Gasteiger partial charge on any atom is 0.410 e. The highest BCUT2D eigenvalue weighted by Crippen LogP contribution is 2.67. The van der Waals surface area contributed by atoms with Crippen LogP contribution in [-0.2, 0) is 14.2 Å². The van der Waals surface area contributed by atoms with E-state index in [9.17, 15) is 14.4 Å². The van der Waals surface area contributed by atoms with E-state index in [1.54, 1.807) is 28.8 Å². The molecule has 4 rings (SSSR count). The first-order valence-corrected chi connectivity index (χ1v) is 23.5. The Morgan fingerprint density at radius 2 is 1.34 bits per heavy atom. The second-order valence-corrected chi connectivity index (χ2v) is 22.1. The third-order valence-electron chi connectivity index (χ3n) is 15.3. The molecule has 1 unspecified atom stereocenters. The van der Waals surface area contributed by atoms with Crippen molar-refractivity contribution < 1.29 is 28.6 Å². The molecule has 0 radical (unpaired) electrons. The van der Waals surface area contributed by atoms with Crippen molar-refractivity contribution in [2.75, 3.05) is 40.3 Å². The third-order valence-corrected chi connectivity index (χ3v) is 15.3. The lowest BCUT2D eigenvalue weighted by Gasteiger charge is -2.58. The highest BCUT2D eigenvalue weighted by Gasteiger charge is 2.59. The zero-order chi connectivity index (χ0) is 43.2. The van der Waals surface area contributed by atoms with Gasteiger partial charge in [0.1, 0.15) is 17.3 Å². The lowest BCUT2D eigenvalue weighted by Crippen LogP contribution is -2.51. The number of carbonyl (C=O) groups excluding carboxylic acids is 3. The molecule has 3 fully saturated rings. The van der Waals surface area contributed by atoms with Crippen LogP contribution in [0.1, 0.15) is 173 Å². The number of nitrogens with zero attached hydrogens (tertiary/aromatic N) is 3. The number of ether oxygens (including phenoxy) is 3. The predicted molar refractivity (Wildman–Crippen MR) is 236 cm³/mol. The van der Waals surface area contributed by atoms with E-state index < -0.39 is 11.2 Å². The molecule has 0 aliphatic heterocycles. The van der Waals surface area contributed by atoms with Gasteiger partial charge in [0.2, 0.25) is 0 Å². The SMILES string of the molecule is CC[C@H](CC[C@@H](C)C1CC[C@H]2[C@@H]3CC=C4C[C@@H](OC(=O)N(CCCCN(C)C(=O)OC(C)(C)C)CCCN(C)C(=O)OC(C)(C)C)CC[C@]4(C)[C@H]3CC[C@]12C)C(C)C. The highest BCUT2D eigenvalue weighted by atomic mass is 16.6. The second kappa shape index (κ2) is 19.9. The van der Waals surface area contributed by atoms with Crippen LogP contribution in [0, 0.1) is 52.3 Å². The molecule has 3 saturated carbocycles. The van der Waals surface area contributed by atoms with Crippen LogP contribution in [0.4, 0.5) is 14.4 Å². The van der Waals surface area contributed by atoms with Gasteiger partial charge in [-0.1, -0.05) is 66.0 Å². The lowest BCUT2D eigenvalue weighted by molar-refractivity contribution is -0.0596. The van der Waals surface area contributed by atoms with Crippen LogP contribution in [0.3, 0.4) is 0 Å². The van der Waals surface area contributed by atoms with E-state index in [0.29, 0.717) is 38.0 Å². The molecule has 9 atom stereocenters. The van der Waals surface area contributed by atoms with Crippen molar-refractivity contribution in [2.45, 2.75) is 190 Å². The first-order chi connectivity index (χ1) is 27.0. The number of allylic oxidation sites excluding steroid dienone is 1. The summed E-state index contributed by atoms with van der Waals surface area (Å²) in [7, 11) is 3.49. The summed E-state index contributed by atoms with van der Waals surface area (Å²) >= 11 is 0. The molecule has 0 aromatic heterocycles. The number of hydrogen-bond acceptors (Lipinski definition) is 6. The van der Waals surface area contributed by atoms with E-state index in [-0.39, 0.29) is 29.8 Å². The summed E-state index contributed by atoms with van der Waals surface area (Å²) in [5.41, 5.74) is 1.06. The summed E-state index contributed by atoms with van der Waals surface area (Å²) in [5.74, 6) is 5.60. The molecular weight excluding hydrogens is 727 g/mol. The first-order valence-electron chi connectivity index (χ1n) is 23.5. The molecule has 4 aliphatic rings. The fourth-order valence-electron chi connectivity index (χ4n) is 11.9. The molecule has 58 heavy (non-hydrogen) atoms. The smallest absolute Gasteiger partial charge is 0.410 e. The number of rotatable bonds is 16. The third kappa shape index (κ3) is 12.3. The zero-order valence-corrected chi connectivity index (χ0v) is 39.7. The molecule has 334 valence electrons. The summed E-state index contributed by atoms with van der Waals surface area (Å²) in [6, 6.07) is 0. The van der Waals surface area contributed by atoms with Crippen molar-refractivity contribution in [3.63, 3.8) is 0 Å². The van der Waals surface area contributed by atoms with Crippen LogP contribution >= 0.6 is 0 Å². The maximum atomic E-state index is 13.9. The minimum absolute atomic E-state index is 0.128. The molecule has 0 heterocycles. The molecule has 0 aromatic rings. The van der Waals surface area contributed by atoms with Crippen molar-refractivity contribution in [3.05, 3.63) is 11.6 Å². The van der Waals surface area contributed by atoms with Gasteiger partial charge in [-0.3, -0.25) is 0 Å². The molecule has 0 spiro atoms. The maximum absolute atomic E-state index is 13.9. The number of carbonyl (C=O) groups is 3. The van der Waals surface area contributed by atoms with Gasteiger partial charge < -0.3 is 28.9 Å². The van der Waals surface area contributed by atoms with Crippen molar-refractivity contribution in [2.24, 2.45) is 52.3 Å². The molecule has 0 bridgehead atoms. The Hall–Kier alpha value is -2.45. The molecule has 0 saturated heterocycles. The average molecular weight is 814 g/mol. The van der Waals surface area contributed by atoms with Crippen LogP contribution in [0.15, 0.2) is 11.6 Å². The molecule has 9 heteroatoms. The van der Waals surface area contributed by atoms with Crippen LogP contribution in [0.5, 0.6) is 0 Å². The Kier molecular flexibility index (Phi) is 16.6. The largest absolute Gasteiger partial charge is 0.446 e. The van der Waals surface area contributed by atoms with Crippen molar-refractivity contribution in [1.29, 1.82) is 0 Å². The normalized spacial score (nSPS) is 29.3. The van der Waals surface area contributed by atoms with Gasteiger partial charge in [0, 0.05) is 46.7 Å². The van der Waals surface area contributed by atoms with E-state index in [0.717, 1.165) is 73.5 Å². The minimum Gasteiger partial charge on any atom is -0.446 e.